The molecule has 0 atom stereocenters. The standard InChI is InChI=1S/C15H21N3O/c1-8(19)13-12(16)14(18-17-13)15-5-9-2-10(6-15)4-11(3-9)7-15/h9-11H,2-7,16H2,1H3,(H,17,18). The largest absolute Gasteiger partial charge is 0.395 e. The van der Waals surface area contributed by atoms with Crippen LogP contribution in [0.4, 0.5) is 5.69 Å². The van der Waals surface area contributed by atoms with E-state index in [0.29, 0.717) is 11.4 Å². The molecule has 19 heavy (non-hydrogen) atoms. The zero-order valence-electron chi connectivity index (χ0n) is 11.4. The molecule has 4 fully saturated rings. The predicted molar refractivity (Wildman–Crippen MR) is 72.9 cm³/mol. The fourth-order valence-corrected chi connectivity index (χ4v) is 5.44. The van der Waals surface area contributed by atoms with Crippen molar-refractivity contribution in [1.82, 2.24) is 10.2 Å². The predicted octanol–water partition coefficient (Wildman–Crippen LogP) is 2.66. The molecule has 4 aliphatic rings. The van der Waals surface area contributed by atoms with Crippen LogP contribution >= 0.6 is 0 Å². The number of carbonyl (C=O) groups is 1. The molecule has 1 aromatic rings. The number of nitrogens with one attached hydrogen (secondary N) is 1. The Labute approximate surface area is 113 Å². The van der Waals surface area contributed by atoms with Crippen molar-refractivity contribution in [2.24, 2.45) is 17.8 Å². The minimum absolute atomic E-state index is 0.0373. The molecule has 4 bridgehead atoms. The highest BCUT2D eigenvalue weighted by molar-refractivity contribution is 5.97. The number of hydrogen-bond donors (Lipinski definition) is 2. The number of anilines is 1. The number of rotatable bonds is 2. The highest BCUT2D eigenvalue weighted by Crippen LogP contribution is 2.61. The lowest BCUT2D eigenvalue weighted by atomic mass is 9.48. The van der Waals surface area contributed by atoms with Crippen molar-refractivity contribution in [3.63, 3.8) is 0 Å². The van der Waals surface area contributed by atoms with Gasteiger partial charge in [-0.2, -0.15) is 5.10 Å². The highest BCUT2D eigenvalue weighted by atomic mass is 16.1. The van der Waals surface area contributed by atoms with Gasteiger partial charge in [0, 0.05) is 12.3 Å². The van der Waals surface area contributed by atoms with Crippen LogP contribution in [0, 0.1) is 17.8 Å². The number of nitrogens with two attached hydrogens (primary N) is 1. The van der Waals surface area contributed by atoms with Crippen LogP contribution in [0.3, 0.4) is 0 Å². The molecule has 4 saturated carbocycles. The van der Waals surface area contributed by atoms with Crippen LogP contribution in [-0.4, -0.2) is 16.0 Å². The van der Waals surface area contributed by atoms with Gasteiger partial charge in [0.1, 0.15) is 0 Å². The van der Waals surface area contributed by atoms with E-state index in [-0.39, 0.29) is 11.2 Å². The monoisotopic (exact) mass is 259 g/mol. The van der Waals surface area contributed by atoms with E-state index >= 15 is 0 Å². The Morgan fingerprint density at radius 1 is 1.21 bits per heavy atom. The minimum Gasteiger partial charge on any atom is -0.395 e. The number of nitrogens with zero attached hydrogens (tertiary/aromatic N) is 1. The van der Waals surface area contributed by atoms with Gasteiger partial charge in [0.05, 0.1) is 11.4 Å². The van der Waals surface area contributed by atoms with Gasteiger partial charge in [0.25, 0.3) is 0 Å². The van der Waals surface area contributed by atoms with E-state index in [9.17, 15) is 4.79 Å². The number of nitrogen functional groups attached to an aromatic ring is 1. The first-order chi connectivity index (χ1) is 9.07. The molecule has 4 nitrogen and oxygen atoms in total. The highest BCUT2D eigenvalue weighted by Gasteiger charge is 2.53. The molecule has 0 aromatic carbocycles. The summed E-state index contributed by atoms with van der Waals surface area (Å²) in [5.41, 5.74) is 8.53. The molecular formula is C15H21N3O. The summed E-state index contributed by atoms with van der Waals surface area (Å²) in [6.45, 7) is 1.54. The number of carbonyl (C=O) groups excluding carboxylic acids is 1. The van der Waals surface area contributed by atoms with Gasteiger partial charge >= 0.3 is 0 Å². The molecule has 0 radical (unpaired) electrons. The molecule has 0 unspecified atom stereocenters. The maximum atomic E-state index is 11.5. The molecule has 0 amide bonds. The maximum Gasteiger partial charge on any atom is 0.182 e. The van der Waals surface area contributed by atoms with Crippen LogP contribution in [0.2, 0.25) is 0 Å². The SMILES string of the molecule is CC(=O)c1n[nH]c(C23CC4CC(CC(C4)C2)C3)c1N. The summed E-state index contributed by atoms with van der Waals surface area (Å²) >= 11 is 0. The molecule has 0 spiro atoms. The second kappa shape index (κ2) is 3.62. The molecular weight excluding hydrogens is 238 g/mol. The number of ketones is 1. The lowest BCUT2D eigenvalue weighted by Crippen LogP contribution is -2.49. The third-order valence-electron chi connectivity index (χ3n) is 5.71. The Kier molecular flexibility index (Phi) is 2.19. The van der Waals surface area contributed by atoms with Crippen LogP contribution in [0.1, 0.15) is 61.6 Å². The summed E-state index contributed by atoms with van der Waals surface area (Å²) in [7, 11) is 0. The Bertz CT molecular complexity index is 510. The van der Waals surface area contributed by atoms with Gasteiger partial charge in [0.15, 0.2) is 11.5 Å². The van der Waals surface area contributed by atoms with E-state index < -0.39 is 0 Å². The topological polar surface area (TPSA) is 71.8 Å². The lowest BCUT2D eigenvalue weighted by molar-refractivity contribution is -0.00686. The summed E-state index contributed by atoms with van der Waals surface area (Å²) in [5, 5.41) is 7.29. The van der Waals surface area contributed by atoms with Gasteiger partial charge in [-0.15, -0.1) is 0 Å². The van der Waals surface area contributed by atoms with Crippen LogP contribution in [-0.2, 0) is 5.41 Å². The number of aromatic nitrogens is 2. The van der Waals surface area contributed by atoms with Crippen molar-refractivity contribution in [3.05, 3.63) is 11.4 Å². The summed E-state index contributed by atoms with van der Waals surface area (Å²) < 4.78 is 0. The average Bonchev–Trinajstić information content (AvgIpc) is 2.69. The first kappa shape index (κ1) is 11.5. The van der Waals surface area contributed by atoms with E-state index in [0.717, 1.165) is 23.4 Å². The number of aromatic amines is 1. The Hall–Kier alpha value is -1.32. The zero-order chi connectivity index (χ0) is 13.2. The van der Waals surface area contributed by atoms with Crippen molar-refractivity contribution in [1.29, 1.82) is 0 Å². The van der Waals surface area contributed by atoms with Crippen molar-refractivity contribution in [3.8, 4) is 0 Å². The van der Waals surface area contributed by atoms with Crippen LogP contribution in [0.5, 0.6) is 0 Å². The van der Waals surface area contributed by atoms with Gasteiger partial charge in [0.2, 0.25) is 0 Å². The zero-order valence-corrected chi connectivity index (χ0v) is 11.4. The van der Waals surface area contributed by atoms with E-state index in [2.05, 4.69) is 10.2 Å². The van der Waals surface area contributed by atoms with Crippen molar-refractivity contribution >= 4 is 11.5 Å². The van der Waals surface area contributed by atoms with E-state index in [4.69, 9.17) is 5.73 Å². The maximum absolute atomic E-state index is 11.5. The van der Waals surface area contributed by atoms with Crippen molar-refractivity contribution in [2.75, 3.05) is 5.73 Å². The second-order valence-electron chi connectivity index (χ2n) is 7.11. The van der Waals surface area contributed by atoms with Crippen LogP contribution in [0.25, 0.3) is 0 Å². The third-order valence-corrected chi connectivity index (χ3v) is 5.71. The molecule has 0 aliphatic heterocycles. The summed E-state index contributed by atoms with van der Waals surface area (Å²) in [4.78, 5) is 11.5. The van der Waals surface area contributed by atoms with Gasteiger partial charge in [-0.25, -0.2) is 0 Å². The fourth-order valence-electron chi connectivity index (χ4n) is 5.44. The molecule has 102 valence electrons. The Morgan fingerprint density at radius 3 is 2.16 bits per heavy atom. The van der Waals surface area contributed by atoms with E-state index in [1.54, 1.807) is 0 Å². The van der Waals surface area contributed by atoms with Gasteiger partial charge in [-0.05, 0) is 56.3 Å². The molecule has 3 N–H and O–H groups in total. The lowest BCUT2D eigenvalue weighted by Gasteiger charge is -2.56. The van der Waals surface area contributed by atoms with E-state index in [1.807, 2.05) is 0 Å². The van der Waals surface area contributed by atoms with Gasteiger partial charge in [-0.1, -0.05) is 0 Å². The summed E-state index contributed by atoms with van der Waals surface area (Å²) in [6.07, 6.45) is 7.95. The fraction of sp³-hybridized carbons (Fsp3) is 0.733. The summed E-state index contributed by atoms with van der Waals surface area (Å²) in [6, 6.07) is 0. The minimum atomic E-state index is -0.0373. The number of H-pyrrole nitrogens is 1. The third kappa shape index (κ3) is 1.52. The quantitative estimate of drug-likeness (QED) is 0.802. The van der Waals surface area contributed by atoms with Gasteiger partial charge in [-0.3, -0.25) is 9.89 Å². The molecule has 5 rings (SSSR count). The Morgan fingerprint density at radius 2 is 1.74 bits per heavy atom. The smallest absolute Gasteiger partial charge is 0.182 e. The molecule has 0 saturated heterocycles. The van der Waals surface area contributed by atoms with Crippen molar-refractivity contribution < 1.29 is 4.79 Å². The second-order valence-corrected chi connectivity index (χ2v) is 7.11. The van der Waals surface area contributed by atoms with E-state index in [1.165, 1.54) is 45.4 Å². The molecule has 4 aliphatic carbocycles. The van der Waals surface area contributed by atoms with Crippen LogP contribution in [0.15, 0.2) is 0 Å². The van der Waals surface area contributed by atoms with Gasteiger partial charge < -0.3 is 5.73 Å². The van der Waals surface area contributed by atoms with Crippen molar-refractivity contribution in [2.45, 2.75) is 50.9 Å². The molecule has 1 heterocycles. The first-order valence-electron chi connectivity index (χ1n) is 7.42. The molecule has 4 heteroatoms. The first-order valence-corrected chi connectivity index (χ1v) is 7.42. The van der Waals surface area contributed by atoms with Crippen LogP contribution < -0.4 is 5.73 Å². The summed E-state index contributed by atoms with van der Waals surface area (Å²) in [5.74, 6) is 2.57. The average molecular weight is 259 g/mol. The Balaban J connectivity index is 1.77. The molecule has 1 aromatic heterocycles. The normalized spacial score (nSPS) is 39.7. The number of Topliss-reactive ketones (excluding diaryl/α,β-unsaturated/α-hetero) is 1. The number of hydrogen-bond acceptors (Lipinski definition) is 3.